The van der Waals surface area contributed by atoms with Gasteiger partial charge in [0.2, 0.25) is 0 Å². The molecule has 0 aliphatic rings. The Bertz CT molecular complexity index is 613. The first kappa shape index (κ1) is 12.3. The summed E-state index contributed by atoms with van der Waals surface area (Å²) in [4.78, 5) is 11.7. The van der Waals surface area contributed by atoms with Gasteiger partial charge in [0.05, 0.1) is 6.61 Å². The van der Waals surface area contributed by atoms with E-state index in [1.807, 2.05) is 0 Å². The minimum absolute atomic E-state index is 0.133. The lowest BCUT2D eigenvalue weighted by atomic mass is 10.2. The Morgan fingerprint density at radius 2 is 2.11 bits per heavy atom. The Morgan fingerprint density at radius 1 is 1.28 bits per heavy atom. The van der Waals surface area contributed by atoms with Crippen LogP contribution in [-0.2, 0) is 6.61 Å². The van der Waals surface area contributed by atoms with Crippen molar-refractivity contribution < 1.29 is 5.11 Å². The average molecular weight is 261 g/mol. The largest absolute Gasteiger partial charge is 0.392 e. The average Bonchev–Trinajstić information content (AvgIpc) is 2.38. The number of rotatable bonds is 1. The molecule has 2 rings (SSSR count). The zero-order chi connectivity index (χ0) is 13.0. The molecule has 3 N–H and O–H groups in total. The third-order valence-corrected chi connectivity index (χ3v) is 2.48. The normalized spacial score (nSPS) is 9.67. The van der Waals surface area contributed by atoms with E-state index in [4.69, 9.17) is 22.4 Å². The fraction of sp³-hybridized carbons (Fsp3) is 0.0833. The predicted octanol–water partition coefficient (Wildman–Crippen LogP) is 0.999. The monoisotopic (exact) mass is 260 g/mol. The number of aliphatic hydroxyl groups is 1. The minimum atomic E-state index is -0.133. The van der Waals surface area contributed by atoms with Crippen molar-refractivity contribution in [3.8, 4) is 11.8 Å². The van der Waals surface area contributed by atoms with E-state index >= 15 is 0 Å². The van der Waals surface area contributed by atoms with Gasteiger partial charge in [-0.1, -0.05) is 23.6 Å². The highest BCUT2D eigenvalue weighted by Gasteiger charge is 2.04. The molecule has 0 unspecified atom stereocenters. The van der Waals surface area contributed by atoms with E-state index in [0.29, 0.717) is 16.8 Å². The molecule has 0 amide bonds. The highest BCUT2D eigenvalue weighted by molar-refractivity contribution is 6.30. The van der Waals surface area contributed by atoms with E-state index in [-0.39, 0.29) is 17.6 Å². The molecule has 90 valence electrons. The first-order chi connectivity index (χ1) is 8.72. The van der Waals surface area contributed by atoms with Crippen molar-refractivity contribution in [1.29, 1.82) is 0 Å². The second-order valence-corrected chi connectivity index (χ2v) is 3.70. The molecule has 2 aromatic heterocycles. The lowest BCUT2D eigenvalue weighted by molar-refractivity contribution is 0.281. The van der Waals surface area contributed by atoms with Crippen LogP contribution in [0.3, 0.4) is 0 Å². The molecule has 0 spiro atoms. The van der Waals surface area contributed by atoms with Gasteiger partial charge in [-0.15, -0.1) is 0 Å². The number of pyridine rings is 1. The Hall–Kier alpha value is -2.16. The van der Waals surface area contributed by atoms with Gasteiger partial charge < -0.3 is 10.8 Å². The lowest BCUT2D eigenvalue weighted by Crippen LogP contribution is -1.97. The van der Waals surface area contributed by atoms with Gasteiger partial charge in [0.25, 0.3) is 0 Å². The van der Waals surface area contributed by atoms with E-state index in [9.17, 15) is 0 Å². The second kappa shape index (κ2) is 5.45. The molecule has 0 bridgehead atoms. The minimum Gasteiger partial charge on any atom is -0.392 e. The molecule has 2 heterocycles. The van der Waals surface area contributed by atoms with Gasteiger partial charge in [0.15, 0.2) is 0 Å². The zero-order valence-electron chi connectivity index (χ0n) is 9.26. The van der Waals surface area contributed by atoms with Gasteiger partial charge >= 0.3 is 0 Å². The van der Waals surface area contributed by atoms with Crippen molar-refractivity contribution in [2.24, 2.45) is 0 Å². The maximum absolute atomic E-state index is 9.14. The molecule has 0 atom stereocenters. The summed E-state index contributed by atoms with van der Waals surface area (Å²) in [6.45, 7) is -0.133. The summed E-state index contributed by atoms with van der Waals surface area (Å²) in [7, 11) is 0. The zero-order valence-corrected chi connectivity index (χ0v) is 10.0. The van der Waals surface area contributed by atoms with Crippen molar-refractivity contribution in [3.63, 3.8) is 0 Å². The van der Waals surface area contributed by atoms with E-state index < -0.39 is 0 Å². The SMILES string of the molecule is Nc1ncnc(Cl)c1C#Cc1ncccc1CO. The molecule has 0 aliphatic carbocycles. The molecule has 5 nitrogen and oxygen atoms in total. The van der Waals surface area contributed by atoms with Crippen molar-refractivity contribution in [3.05, 3.63) is 46.6 Å². The van der Waals surface area contributed by atoms with Crippen LogP contribution in [0.1, 0.15) is 16.8 Å². The Balaban J connectivity index is 2.43. The van der Waals surface area contributed by atoms with Gasteiger partial charge in [-0.3, -0.25) is 0 Å². The highest BCUT2D eigenvalue weighted by Crippen LogP contribution is 2.15. The summed E-state index contributed by atoms with van der Waals surface area (Å²) in [5, 5.41) is 9.33. The highest BCUT2D eigenvalue weighted by atomic mass is 35.5. The molecular formula is C12H9ClN4O. The number of anilines is 1. The Morgan fingerprint density at radius 3 is 2.83 bits per heavy atom. The summed E-state index contributed by atoms with van der Waals surface area (Å²) in [6, 6.07) is 3.47. The van der Waals surface area contributed by atoms with Crippen LogP contribution in [0, 0.1) is 11.8 Å². The summed E-state index contributed by atoms with van der Waals surface area (Å²) in [5.74, 6) is 5.78. The fourth-order valence-electron chi connectivity index (χ4n) is 1.29. The molecular weight excluding hydrogens is 252 g/mol. The predicted molar refractivity (Wildman–Crippen MR) is 67.6 cm³/mol. The smallest absolute Gasteiger partial charge is 0.150 e. The first-order valence-corrected chi connectivity index (χ1v) is 5.43. The van der Waals surface area contributed by atoms with Crippen molar-refractivity contribution in [1.82, 2.24) is 15.0 Å². The molecule has 6 heteroatoms. The van der Waals surface area contributed by atoms with Crippen LogP contribution >= 0.6 is 11.6 Å². The molecule has 0 saturated carbocycles. The quantitative estimate of drug-likeness (QED) is 0.590. The molecule has 2 aromatic rings. The van der Waals surface area contributed by atoms with Gasteiger partial charge in [0.1, 0.15) is 28.6 Å². The van der Waals surface area contributed by atoms with Crippen LogP contribution < -0.4 is 5.73 Å². The number of halogens is 1. The number of nitrogen functional groups attached to an aromatic ring is 1. The number of aromatic nitrogens is 3. The molecule has 0 radical (unpaired) electrons. The van der Waals surface area contributed by atoms with Crippen LogP contribution in [0.15, 0.2) is 24.7 Å². The van der Waals surface area contributed by atoms with Crippen molar-refractivity contribution >= 4 is 17.4 Å². The fourth-order valence-corrected chi connectivity index (χ4v) is 1.48. The number of nitrogens with zero attached hydrogens (tertiary/aromatic N) is 3. The standard InChI is InChI=1S/C12H9ClN4O/c13-11-9(12(14)17-7-16-11)3-4-10-8(6-18)2-1-5-15-10/h1-2,5,7,18H,6H2,(H2,14,16,17). The molecule has 0 fully saturated rings. The van der Waals surface area contributed by atoms with Crippen LogP contribution in [0.25, 0.3) is 0 Å². The Kier molecular flexibility index (Phi) is 3.72. The number of nitrogens with two attached hydrogens (primary N) is 1. The van der Waals surface area contributed by atoms with Gasteiger partial charge in [-0.25, -0.2) is 15.0 Å². The topological polar surface area (TPSA) is 84.9 Å². The summed E-state index contributed by atoms with van der Waals surface area (Å²) in [6.07, 6.45) is 2.86. The first-order valence-electron chi connectivity index (χ1n) is 5.05. The Labute approximate surface area is 109 Å². The molecule has 18 heavy (non-hydrogen) atoms. The van der Waals surface area contributed by atoms with Crippen LogP contribution in [0.5, 0.6) is 0 Å². The molecule has 0 aliphatic heterocycles. The van der Waals surface area contributed by atoms with Gasteiger partial charge in [-0.05, 0) is 12.0 Å². The van der Waals surface area contributed by atoms with Crippen molar-refractivity contribution in [2.45, 2.75) is 6.61 Å². The third-order valence-electron chi connectivity index (χ3n) is 2.20. The summed E-state index contributed by atoms with van der Waals surface area (Å²) < 4.78 is 0. The maximum atomic E-state index is 9.14. The number of hydrogen-bond donors (Lipinski definition) is 2. The van der Waals surface area contributed by atoms with Gasteiger partial charge in [0, 0.05) is 11.8 Å². The van der Waals surface area contributed by atoms with Crippen molar-refractivity contribution in [2.75, 3.05) is 5.73 Å². The maximum Gasteiger partial charge on any atom is 0.150 e. The van der Waals surface area contributed by atoms with Crippen LogP contribution in [0.2, 0.25) is 5.15 Å². The van der Waals surface area contributed by atoms with E-state index in [1.165, 1.54) is 6.33 Å². The van der Waals surface area contributed by atoms with E-state index in [2.05, 4.69) is 26.8 Å². The molecule has 0 saturated heterocycles. The van der Waals surface area contributed by atoms with E-state index in [1.54, 1.807) is 18.3 Å². The molecule has 0 aromatic carbocycles. The number of hydrogen-bond acceptors (Lipinski definition) is 5. The summed E-state index contributed by atoms with van der Waals surface area (Å²) >= 11 is 5.87. The van der Waals surface area contributed by atoms with Crippen LogP contribution in [-0.4, -0.2) is 20.1 Å². The lowest BCUT2D eigenvalue weighted by Gasteiger charge is -1.99. The second-order valence-electron chi connectivity index (χ2n) is 3.34. The van der Waals surface area contributed by atoms with Crippen LogP contribution in [0.4, 0.5) is 5.82 Å². The van der Waals surface area contributed by atoms with E-state index in [0.717, 1.165) is 0 Å². The summed E-state index contributed by atoms with van der Waals surface area (Å²) in [5.41, 5.74) is 7.11. The number of aliphatic hydroxyl groups excluding tert-OH is 1. The van der Waals surface area contributed by atoms with Gasteiger partial charge in [-0.2, -0.15) is 0 Å². The third kappa shape index (κ3) is 2.56.